The molecule has 2 rings (SSSR count). The van der Waals surface area contributed by atoms with Crippen LogP contribution in [-0.4, -0.2) is 42.1 Å². The molecular weight excluding hydrogens is 340 g/mol. The predicted octanol–water partition coefficient (Wildman–Crippen LogP) is 4.34. The van der Waals surface area contributed by atoms with Crippen LogP contribution in [0.3, 0.4) is 0 Å². The van der Waals surface area contributed by atoms with Crippen LogP contribution in [0.15, 0.2) is 54.6 Å². The quantitative estimate of drug-likeness (QED) is 0.854. The van der Waals surface area contributed by atoms with E-state index in [1.54, 1.807) is 18.0 Å². The van der Waals surface area contributed by atoms with Gasteiger partial charge in [-0.15, -0.1) is 0 Å². The number of nitrogens with one attached hydrogen (secondary N) is 1. The second kappa shape index (κ2) is 8.71. The van der Waals surface area contributed by atoms with Crippen molar-refractivity contribution in [3.63, 3.8) is 0 Å². The first-order valence-corrected chi connectivity index (χ1v) is 9.06. The Hall–Kier alpha value is -2.82. The Morgan fingerprint density at radius 3 is 2.30 bits per heavy atom. The van der Waals surface area contributed by atoms with Crippen molar-refractivity contribution in [2.24, 2.45) is 0 Å². The molecule has 0 aliphatic carbocycles. The standard InChI is InChI=1S/C22H28N2O3/c1-16(23-21(26)27-22(2,3)4)15-24(5)20(25)19-13-9-12-18(14-19)17-10-7-6-8-11-17/h6-14,16H,15H2,1-5H3,(H,23,26)/t16-/m0/s1. The van der Waals surface area contributed by atoms with E-state index in [4.69, 9.17) is 4.74 Å². The number of rotatable bonds is 5. The lowest BCUT2D eigenvalue weighted by molar-refractivity contribution is 0.0491. The molecule has 144 valence electrons. The average Bonchev–Trinajstić information content (AvgIpc) is 2.60. The zero-order valence-electron chi connectivity index (χ0n) is 16.7. The Labute approximate surface area is 161 Å². The zero-order chi connectivity index (χ0) is 20.0. The highest BCUT2D eigenvalue weighted by molar-refractivity contribution is 5.95. The van der Waals surface area contributed by atoms with Crippen LogP contribution in [0.25, 0.3) is 11.1 Å². The molecule has 0 aliphatic heterocycles. The van der Waals surface area contributed by atoms with Gasteiger partial charge in [0.25, 0.3) is 5.91 Å². The summed E-state index contributed by atoms with van der Waals surface area (Å²) >= 11 is 0. The molecule has 0 aliphatic rings. The number of hydrogen-bond acceptors (Lipinski definition) is 3. The lowest BCUT2D eigenvalue weighted by Gasteiger charge is -2.25. The van der Waals surface area contributed by atoms with Crippen LogP contribution in [0.4, 0.5) is 4.79 Å². The van der Waals surface area contributed by atoms with Crippen molar-refractivity contribution < 1.29 is 14.3 Å². The first-order valence-electron chi connectivity index (χ1n) is 9.06. The molecule has 0 aromatic heterocycles. The van der Waals surface area contributed by atoms with E-state index in [0.29, 0.717) is 12.1 Å². The largest absolute Gasteiger partial charge is 0.444 e. The zero-order valence-corrected chi connectivity index (χ0v) is 16.7. The minimum Gasteiger partial charge on any atom is -0.444 e. The van der Waals surface area contributed by atoms with Crippen molar-refractivity contribution >= 4 is 12.0 Å². The maximum absolute atomic E-state index is 12.8. The van der Waals surface area contributed by atoms with Gasteiger partial charge in [0.2, 0.25) is 0 Å². The van der Waals surface area contributed by atoms with Gasteiger partial charge >= 0.3 is 6.09 Å². The molecular formula is C22H28N2O3. The summed E-state index contributed by atoms with van der Waals surface area (Å²) in [4.78, 5) is 26.2. The summed E-state index contributed by atoms with van der Waals surface area (Å²) in [5.41, 5.74) is 2.12. The number of carbonyl (C=O) groups is 2. The number of hydrogen-bond donors (Lipinski definition) is 1. The summed E-state index contributed by atoms with van der Waals surface area (Å²) in [7, 11) is 1.73. The van der Waals surface area contributed by atoms with Gasteiger partial charge in [-0.1, -0.05) is 42.5 Å². The van der Waals surface area contributed by atoms with Crippen LogP contribution in [0.2, 0.25) is 0 Å². The molecule has 0 fully saturated rings. The van der Waals surface area contributed by atoms with Crippen molar-refractivity contribution in [1.82, 2.24) is 10.2 Å². The van der Waals surface area contributed by atoms with Crippen LogP contribution in [-0.2, 0) is 4.74 Å². The van der Waals surface area contributed by atoms with Gasteiger partial charge in [0.05, 0.1) is 0 Å². The number of carbonyl (C=O) groups excluding carboxylic acids is 2. The fourth-order valence-corrected chi connectivity index (χ4v) is 2.73. The van der Waals surface area contributed by atoms with E-state index in [-0.39, 0.29) is 11.9 Å². The highest BCUT2D eigenvalue weighted by Gasteiger charge is 2.20. The van der Waals surface area contributed by atoms with Crippen LogP contribution in [0.5, 0.6) is 0 Å². The van der Waals surface area contributed by atoms with Crippen LogP contribution in [0.1, 0.15) is 38.1 Å². The number of benzene rings is 2. The minimum absolute atomic E-state index is 0.0920. The first-order chi connectivity index (χ1) is 12.7. The fourth-order valence-electron chi connectivity index (χ4n) is 2.73. The van der Waals surface area contributed by atoms with Gasteiger partial charge in [-0.05, 0) is 51.0 Å². The molecule has 0 saturated carbocycles. The Balaban J connectivity index is 2.00. The lowest BCUT2D eigenvalue weighted by Crippen LogP contribution is -2.44. The van der Waals surface area contributed by atoms with Gasteiger partial charge in [0.15, 0.2) is 0 Å². The summed E-state index contributed by atoms with van der Waals surface area (Å²) in [6.07, 6.45) is -0.484. The molecule has 2 amide bonds. The third-order valence-corrected chi connectivity index (χ3v) is 3.87. The molecule has 2 aromatic carbocycles. The average molecular weight is 368 g/mol. The van der Waals surface area contributed by atoms with E-state index in [1.807, 2.05) is 76.2 Å². The molecule has 0 heterocycles. The van der Waals surface area contributed by atoms with Gasteiger partial charge in [0, 0.05) is 25.2 Å². The fraction of sp³-hybridized carbons (Fsp3) is 0.364. The van der Waals surface area contributed by atoms with Crippen LogP contribution >= 0.6 is 0 Å². The van der Waals surface area contributed by atoms with E-state index in [2.05, 4.69) is 5.32 Å². The topological polar surface area (TPSA) is 58.6 Å². The summed E-state index contributed by atoms with van der Waals surface area (Å²) < 4.78 is 5.25. The molecule has 0 bridgehead atoms. The smallest absolute Gasteiger partial charge is 0.407 e. The van der Waals surface area contributed by atoms with E-state index in [1.165, 1.54) is 0 Å². The molecule has 27 heavy (non-hydrogen) atoms. The second-order valence-electron chi connectivity index (χ2n) is 7.68. The van der Waals surface area contributed by atoms with Crippen molar-refractivity contribution in [3.05, 3.63) is 60.2 Å². The minimum atomic E-state index is -0.552. The number of ether oxygens (including phenoxy) is 1. The highest BCUT2D eigenvalue weighted by Crippen LogP contribution is 2.20. The highest BCUT2D eigenvalue weighted by atomic mass is 16.6. The Morgan fingerprint density at radius 2 is 1.67 bits per heavy atom. The van der Waals surface area contributed by atoms with E-state index in [9.17, 15) is 9.59 Å². The Kier molecular flexibility index (Phi) is 6.61. The Bertz CT molecular complexity index is 782. The maximum atomic E-state index is 12.8. The monoisotopic (exact) mass is 368 g/mol. The van der Waals surface area contributed by atoms with Crippen LogP contribution < -0.4 is 5.32 Å². The number of likely N-dealkylation sites (N-methyl/N-ethyl adjacent to an activating group) is 1. The summed E-state index contributed by atoms with van der Waals surface area (Å²) in [6.45, 7) is 7.66. The lowest BCUT2D eigenvalue weighted by atomic mass is 10.0. The third-order valence-electron chi connectivity index (χ3n) is 3.87. The number of nitrogens with zero attached hydrogens (tertiary/aromatic N) is 1. The summed E-state index contributed by atoms with van der Waals surface area (Å²) in [6, 6.07) is 17.3. The molecule has 2 aromatic rings. The molecule has 0 radical (unpaired) electrons. The van der Waals surface area contributed by atoms with Crippen LogP contribution in [0, 0.1) is 0 Å². The van der Waals surface area contributed by atoms with Gasteiger partial charge in [-0.2, -0.15) is 0 Å². The van der Waals surface area contributed by atoms with E-state index >= 15 is 0 Å². The number of alkyl carbamates (subject to hydrolysis) is 1. The van der Waals surface area contributed by atoms with Crippen molar-refractivity contribution in [2.75, 3.05) is 13.6 Å². The van der Waals surface area contributed by atoms with E-state index < -0.39 is 11.7 Å². The Morgan fingerprint density at radius 1 is 1.04 bits per heavy atom. The summed E-state index contributed by atoms with van der Waals surface area (Å²) in [5, 5.41) is 2.76. The maximum Gasteiger partial charge on any atom is 0.407 e. The molecule has 5 nitrogen and oxygen atoms in total. The normalized spacial score (nSPS) is 12.2. The molecule has 0 unspecified atom stereocenters. The molecule has 0 spiro atoms. The SMILES string of the molecule is C[C@@H](CN(C)C(=O)c1cccc(-c2ccccc2)c1)NC(=O)OC(C)(C)C. The van der Waals surface area contributed by atoms with Gasteiger partial charge in [0.1, 0.15) is 5.60 Å². The van der Waals surface area contributed by atoms with E-state index in [0.717, 1.165) is 11.1 Å². The summed E-state index contributed by atoms with van der Waals surface area (Å²) in [5.74, 6) is -0.0920. The molecule has 0 saturated heterocycles. The number of amides is 2. The van der Waals surface area contributed by atoms with Gasteiger partial charge in [-0.3, -0.25) is 4.79 Å². The van der Waals surface area contributed by atoms with Gasteiger partial charge in [-0.25, -0.2) is 4.79 Å². The molecule has 1 N–H and O–H groups in total. The molecule has 1 atom stereocenters. The third kappa shape index (κ3) is 6.44. The van der Waals surface area contributed by atoms with Gasteiger partial charge < -0.3 is 15.0 Å². The predicted molar refractivity (Wildman–Crippen MR) is 108 cm³/mol. The first kappa shape index (κ1) is 20.5. The molecule has 5 heteroatoms. The van der Waals surface area contributed by atoms with Crippen molar-refractivity contribution in [3.8, 4) is 11.1 Å². The van der Waals surface area contributed by atoms with Crippen molar-refractivity contribution in [2.45, 2.75) is 39.3 Å². The second-order valence-corrected chi connectivity index (χ2v) is 7.68. The van der Waals surface area contributed by atoms with Crippen molar-refractivity contribution in [1.29, 1.82) is 0 Å².